The Kier molecular flexibility index (Phi) is 9.47. The molecule has 0 aliphatic carbocycles. The van der Waals surface area contributed by atoms with Crippen LogP contribution in [-0.2, 0) is 5.41 Å². The van der Waals surface area contributed by atoms with Crippen LogP contribution < -0.4 is 0 Å². The van der Waals surface area contributed by atoms with Gasteiger partial charge in [0.2, 0.25) is 0 Å². The van der Waals surface area contributed by atoms with Crippen molar-refractivity contribution in [1.82, 2.24) is 0 Å². The summed E-state index contributed by atoms with van der Waals surface area (Å²) in [5.41, 5.74) is 2.43. The molecule has 1 aromatic carbocycles. The van der Waals surface area contributed by atoms with E-state index in [0.717, 1.165) is 17.5 Å². The van der Waals surface area contributed by atoms with Crippen LogP contribution in [0.4, 0.5) is 0 Å². The molecule has 0 aliphatic rings. The molecule has 0 unspecified atom stereocenters. The molecular formula is C25H42O. The van der Waals surface area contributed by atoms with Gasteiger partial charge in [-0.25, -0.2) is 0 Å². The lowest BCUT2D eigenvalue weighted by molar-refractivity contribution is 0.399. The van der Waals surface area contributed by atoms with Crippen LogP contribution in [0, 0.1) is 12.3 Å². The first kappa shape index (κ1) is 22.8. The van der Waals surface area contributed by atoms with Crippen LogP contribution in [-0.4, -0.2) is 5.11 Å². The van der Waals surface area contributed by atoms with Crippen molar-refractivity contribution in [2.24, 2.45) is 5.41 Å². The fourth-order valence-corrected chi connectivity index (χ4v) is 3.65. The van der Waals surface area contributed by atoms with Crippen molar-refractivity contribution in [3.63, 3.8) is 0 Å². The summed E-state index contributed by atoms with van der Waals surface area (Å²) in [7, 11) is 0. The standard InChI is InChI=1S/C25H42O/c1-7-24(3,4)19-14-12-10-8-9-11-13-15-20-25(5,6)22-18-16-17-21(2)23(22)26/h7,16-18,26H,1,8-15,19-20H2,2-6H3. The van der Waals surface area contributed by atoms with Crippen molar-refractivity contribution in [2.45, 2.75) is 104 Å². The van der Waals surface area contributed by atoms with Gasteiger partial charge in [-0.2, -0.15) is 0 Å². The van der Waals surface area contributed by atoms with Gasteiger partial charge in [-0.1, -0.05) is 103 Å². The average molecular weight is 359 g/mol. The third kappa shape index (κ3) is 7.98. The Hall–Kier alpha value is -1.24. The molecule has 1 nitrogen and oxygen atoms in total. The summed E-state index contributed by atoms with van der Waals surface area (Å²) in [5, 5.41) is 10.3. The molecule has 1 aromatic rings. The number of hydrogen-bond donors (Lipinski definition) is 1. The number of phenols is 1. The Bertz CT molecular complexity index is 539. The summed E-state index contributed by atoms with van der Waals surface area (Å²) >= 11 is 0. The number of allylic oxidation sites excluding steroid dienone is 1. The van der Waals surface area contributed by atoms with Gasteiger partial charge >= 0.3 is 0 Å². The largest absolute Gasteiger partial charge is 0.507 e. The summed E-state index contributed by atoms with van der Waals surface area (Å²) in [6.07, 6.45) is 15.2. The molecule has 0 bridgehead atoms. The number of benzene rings is 1. The van der Waals surface area contributed by atoms with E-state index in [0.29, 0.717) is 11.2 Å². The van der Waals surface area contributed by atoms with E-state index < -0.39 is 0 Å². The number of para-hydroxylation sites is 1. The van der Waals surface area contributed by atoms with Crippen molar-refractivity contribution < 1.29 is 5.11 Å². The zero-order chi connectivity index (χ0) is 19.6. The number of unbranched alkanes of at least 4 members (excludes halogenated alkanes) is 7. The summed E-state index contributed by atoms with van der Waals surface area (Å²) in [6, 6.07) is 6.12. The lowest BCUT2D eigenvalue weighted by Crippen LogP contribution is -2.17. The van der Waals surface area contributed by atoms with E-state index in [9.17, 15) is 5.11 Å². The highest BCUT2D eigenvalue weighted by atomic mass is 16.3. The average Bonchev–Trinajstić information content (AvgIpc) is 2.58. The molecule has 148 valence electrons. The lowest BCUT2D eigenvalue weighted by atomic mass is 9.79. The monoisotopic (exact) mass is 358 g/mol. The van der Waals surface area contributed by atoms with E-state index in [1.165, 1.54) is 57.8 Å². The lowest BCUT2D eigenvalue weighted by Gasteiger charge is -2.27. The minimum absolute atomic E-state index is 0.0497. The highest BCUT2D eigenvalue weighted by Crippen LogP contribution is 2.36. The van der Waals surface area contributed by atoms with Crippen LogP contribution in [0.5, 0.6) is 5.75 Å². The highest BCUT2D eigenvalue weighted by molar-refractivity contribution is 5.43. The normalized spacial score (nSPS) is 12.3. The number of aromatic hydroxyl groups is 1. The van der Waals surface area contributed by atoms with Gasteiger partial charge in [-0.15, -0.1) is 6.58 Å². The first-order valence-electron chi connectivity index (χ1n) is 10.6. The Morgan fingerprint density at radius 2 is 1.35 bits per heavy atom. The molecule has 0 saturated carbocycles. The van der Waals surface area contributed by atoms with Gasteiger partial charge in [0.15, 0.2) is 0 Å². The van der Waals surface area contributed by atoms with Crippen LogP contribution >= 0.6 is 0 Å². The minimum atomic E-state index is 0.0497. The number of rotatable bonds is 13. The molecule has 0 fully saturated rings. The van der Waals surface area contributed by atoms with Gasteiger partial charge in [0, 0.05) is 0 Å². The molecular weight excluding hydrogens is 316 g/mol. The zero-order valence-electron chi connectivity index (χ0n) is 18.0. The molecule has 0 aromatic heterocycles. The molecule has 1 rings (SSSR count). The molecule has 0 spiro atoms. The van der Waals surface area contributed by atoms with Crippen molar-refractivity contribution in [3.8, 4) is 5.75 Å². The van der Waals surface area contributed by atoms with Crippen molar-refractivity contribution in [1.29, 1.82) is 0 Å². The van der Waals surface area contributed by atoms with Gasteiger partial charge in [0.25, 0.3) is 0 Å². The van der Waals surface area contributed by atoms with Crippen LogP contribution in [0.3, 0.4) is 0 Å². The number of aryl methyl sites for hydroxylation is 1. The van der Waals surface area contributed by atoms with Gasteiger partial charge in [-0.3, -0.25) is 0 Å². The van der Waals surface area contributed by atoms with Gasteiger partial charge < -0.3 is 5.11 Å². The minimum Gasteiger partial charge on any atom is -0.507 e. The summed E-state index contributed by atoms with van der Waals surface area (Å²) in [4.78, 5) is 0. The third-order valence-corrected chi connectivity index (χ3v) is 5.89. The fourth-order valence-electron chi connectivity index (χ4n) is 3.65. The highest BCUT2D eigenvalue weighted by Gasteiger charge is 2.23. The maximum Gasteiger partial charge on any atom is 0.122 e. The molecule has 0 radical (unpaired) electrons. The van der Waals surface area contributed by atoms with E-state index in [4.69, 9.17) is 0 Å². The topological polar surface area (TPSA) is 20.2 Å². The predicted octanol–water partition coefficient (Wildman–Crippen LogP) is 8.09. The Morgan fingerprint density at radius 3 is 1.88 bits per heavy atom. The predicted molar refractivity (Wildman–Crippen MR) is 116 cm³/mol. The molecule has 0 aliphatic heterocycles. The van der Waals surface area contributed by atoms with E-state index in [1.54, 1.807) is 0 Å². The molecule has 26 heavy (non-hydrogen) atoms. The van der Waals surface area contributed by atoms with Crippen molar-refractivity contribution >= 4 is 0 Å². The smallest absolute Gasteiger partial charge is 0.122 e. The van der Waals surface area contributed by atoms with Crippen LogP contribution in [0.2, 0.25) is 0 Å². The van der Waals surface area contributed by atoms with Crippen LogP contribution in [0.15, 0.2) is 30.9 Å². The summed E-state index contributed by atoms with van der Waals surface area (Å²) in [5.74, 6) is 0.483. The first-order chi connectivity index (χ1) is 12.2. The van der Waals surface area contributed by atoms with Crippen molar-refractivity contribution in [3.05, 3.63) is 42.0 Å². The second kappa shape index (κ2) is 10.8. The van der Waals surface area contributed by atoms with E-state index in [2.05, 4.69) is 52.5 Å². The number of phenolic OH excluding ortho intramolecular Hbond substituents is 1. The molecule has 1 N–H and O–H groups in total. The first-order valence-corrected chi connectivity index (χ1v) is 10.6. The van der Waals surface area contributed by atoms with E-state index in [-0.39, 0.29) is 5.41 Å². The van der Waals surface area contributed by atoms with Crippen LogP contribution in [0.25, 0.3) is 0 Å². The zero-order valence-corrected chi connectivity index (χ0v) is 18.0. The Balaban J connectivity index is 2.13. The quantitative estimate of drug-likeness (QED) is 0.279. The van der Waals surface area contributed by atoms with E-state index in [1.807, 2.05) is 13.0 Å². The molecule has 0 atom stereocenters. The molecule has 1 heteroatoms. The fraction of sp³-hybridized carbons (Fsp3) is 0.680. The summed E-state index contributed by atoms with van der Waals surface area (Å²) in [6.45, 7) is 15.0. The van der Waals surface area contributed by atoms with Gasteiger partial charge in [0.1, 0.15) is 5.75 Å². The molecule has 0 heterocycles. The van der Waals surface area contributed by atoms with Crippen molar-refractivity contribution in [2.75, 3.05) is 0 Å². The molecule has 0 saturated heterocycles. The summed E-state index contributed by atoms with van der Waals surface area (Å²) < 4.78 is 0. The Labute approximate surface area is 162 Å². The second-order valence-electron chi connectivity index (χ2n) is 9.38. The Morgan fingerprint density at radius 1 is 0.846 bits per heavy atom. The van der Waals surface area contributed by atoms with Crippen LogP contribution in [0.1, 0.15) is 103 Å². The second-order valence-corrected chi connectivity index (χ2v) is 9.38. The number of hydrogen-bond acceptors (Lipinski definition) is 1. The van der Waals surface area contributed by atoms with Gasteiger partial charge in [0.05, 0.1) is 0 Å². The third-order valence-electron chi connectivity index (χ3n) is 5.89. The van der Waals surface area contributed by atoms with Gasteiger partial charge in [-0.05, 0) is 41.7 Å². The molecule has 0 amide bonds. The maximum absolute atomic E-state index is 10.3. The van der Waals surface area contributed by atoms with E-state index >= 15 is 0 Å². The maximum atomic E-state index is 10.3. The SMILES string of the molecule is C=CC(C)(C)CCCCCCCCCCC(C)(C)c1cccc(C)c1O.